The topological polar surface area (TPSA) is 52.3 Å². The molecule has 1 aromatic carbocycles. The Balaban J connectivity index is 1.77. The minimum Gasteiger partial charge on any atom is -0.398 e. The molecule has 110 valence electrons. The van der Waals surface area contributed by atoms with Gasteiger partial charge in [-0.05, 0) is 43.2 Å². The van der Waals surface area contributed by atoms with E-state index in [0.29, 0.717) is 17.3 Å². The standard InChI is InChI=1S/C14H18ClNO2S2/c15-12-7-10(1-2-13(12)16)20(17)11-3-5-18-14(8-11)4-6-19-9-14/h1-2,7,11H,3-6,8-9,16H2. The lowest BCUT2D eigenvalue weighted by atomic mass is 9.93. The van der Waals surface area contributed by atoms with Crippen LogP contribution in [0.2, 0.25) is 5.02 Å². The van der Waals surface area contributed by atoms with Crippen molar-refractivity contribution in [1.29, 1.82) is 0 Å². The molecule has 0 radical (unpaired) electrons. The van der Waals surface area contributed by atoms with Gasteiger partial charge in [-0.3, -0.25) is 4.21 Å². The molecule has 3 rings (SSSR count). The third-order valence-corrected chi connectivity index (χ3v) is 7.30. The van der Waals surface area contributed by atoms with Crippen molar-refractivity contribution in [1.82, 2.24) is 0 Å². The van der Waals surface area contributed by atoms with Gasteiger partial charge in [0, 0.05) is 22.5 Å². The summed E-state index contributed by atoms with van der Waals surface area (Å²) in [6, 6.07) is 5.29. The number of halogens is 1. The third-order valence-electron chi connectivity index (χ3n) is 4.02. The van der Waals surface area contributed by atoms with E-state index in [1.807, 2.05) is 17.8 Å². The first kappa shape index (κ1) is 14.7. The zero-order valence-electron chi connectivity index (χ0n) is 11.1. The highest BCUT2D eigenvalue weighted by Gasteiger charge is 2.42. The molecule has 0 saturated carbocycles. The van der Waals surface area contributed by atoms with Crippen LogP contribution in [0.25, 0.3) is 0 Å². The zero-order chi connectivity index (χ0) is 14.2. The van der Waals surface area contributed by atoms with Crippen LogP contribution in [0.1, 0.15) is 19.3 Å². The molecule has 20 heavy (non-hydrogen) atoms. The zero-order valence-corrected chi connectivity index (χ0v) is 13.5. The Labute approximate surface area is 131 Å². The monoisotopic (exact) mass is 331 g/mol. The van der Waals surface area contributed by atoms with Gasteiger partial charge in [-0.2, -0.15) is 11.8 Å². The van der Waals surface area contributed by atoms with Gasteiger partial charge >= 0.3 is 0 Å². The number of nitrogen functional groups attached to an aromatic ring is 1. The maximum absolute atomic E-state index is 12.8. The molecule has 2 fully saturated rings. The van der Waals surface area contributed by atoms with Gasteiger partial charge in [-0.25, -0.2) is 0 Å². The fourth-order valence-electron chi connectivity index (χ4n) is 2.85. The first-order valence-electron chi connectivity index (χ1n) is 6.77. The van der Waals surface area contributed by atoms with Crippen LogP contribution in [0.4, 0.5) is 5.69 Å². The summed E-state index contributed by atoms with van der Waals surface area (Å²) in [6.07, 6.45) is 2.81. The van der Waals surface area contributed by atoms with E-state index in [1.165, 1.54) is 0 Å². The van der Waals surface area contributed by atoms with Gasteiger partial charge in [0.25, 0.3) is 0 Å². The summed E-state index contributed by atoms with van der Waals surface area (Å²) in [7, 11) is -1.04. The van der Waals surface area contributed by atoms with Crippen LogP contribution in [0.15, 0.2) is 23.1 Å². The molecule has 2 heterocycles. The number of benzene rings is 1. The van der Waals surface area contributed by atoms with E-state index in [4.69, 9.17) is 22.1 Å². The summed E-state index contributed by atoms with van der Waals surface area (Å²) in [4.78, 5) is 0.775. The summed E-state index contributed by atoms with van der Waals surface area (Å²) in [5, 5.41) is 0.635. The summed E-state index contributed by atoms with van der Waals surface area (Å²) in [5.74, 6) is 2.18. The summed E-state index contributed by atoms with van der Waals surface area (Å²) in [6.45, 7) is 0.708. The van der Waals surface area contributed by atoms with Crippen LogP contribution in [0.5, 0.6) is 0 Å². The number of nitrogens with two attached hydrogens (primary N) is 1. The van der Waals surface area contributed by atoms with Crippen molar-refractivity contribution >= 4 is 39.8 Å². The van der Waals surface area contributed by atoms with E-state index < -0.39 is 10.8 Å². The Morgan fingerprint density at radius 1 is 1.50 bits per heavy atom. The van der Waals surface area contributed by atoms with Gasteiger partial charge in [0.2, 0.25) is 0 Å². The normalized spacial score (nSPS) is 31.6. The molecule has 0 amide bonds. The smallest absolute Gasteiger partial charge is 0.0791 e. The summed E-state index contributed by atoms with van der Waals surface area (Å²) in [5.41, 5.74) is 6.20. The predicted octanol–water partition coefficient (Wildman–Crippen LogP) is 3.08. The van der Waals surface area contributed by atoms with E-state index >= 15 is 0 Å². The van der Waals surface area contributed by atoms with Crippen LogP contribution in [0.3, 0.4) is 0 Å². The average Bonchev–Trinajstić information content (AvgIpc) is 2.89. The summed E-state index contributed by atoms with van der Waals surface area (Å²) >= 11 is 7.96. The van der Waals surface area contributed by atoms with Gasteiger partial charge in [0.1, 0.15) is 0 Å². The first-order chi connectivity index (χ1) is 9.60. The second-order valence-electron chi connectivity index (χ2n) is 5.43. The molecule has 1 aromatic rings. The molecule has 6 heteroatoms. The lowest BCUT2D eigenvalue weighted by Gasteiger charge is -2.37. The molecule has 0 aromatic heterocycles. The van der Waals surface area contributed by atoms with Crippen LogP contribution >= 0.6 is 23.4 Å². The molecule has 2 aliphatic heterocycles. The van der Waals surface area contributed by atoms with E-state index in [9.17, 15) is 4.21 Å². The molecule has 3 atom stereocenters. The van der Waals surface area contributed by atoms with E-state index in [2.05, 4.69) is 0 Å². The Morgan fingerprint density at radius 2 is 2.35 bits per heavy atom. The number of anilines is 1. The lowest BCUT2D eigenvalue weighted by molar-refractivity contribution is -0.0567. The number of hydrogen-bond acceptors (Lipinski definition) is 4. The van der Waals surface area contributed by atoms with E-state index in [-0.39, 0.29) is 10.9 Å². The number of thioether (sulfide) groups is 1. The van der Waals surface area contributed by atoms with Gasteiger partial charge in [0.05, 0.1) is 27.1 Å². The Kier molecular flexibility index (Phi) is 4.32. The maximum atomic E-state index is 12.8. The van der Waals surface area contributed by atoms with Crippen molar-refractivity contribution in [2.24, 2.45) is 0 Å². The lowest BCUT2D eigenvalue weighted by Crippen LogP contribution is -2.43. The third kappa shape index (κ3) is 2.86. The molecule has 0 aliphatic carbocycles. The van der Waals surface area contributed by atoms with Gasteiger partial charge in [-0.15, -0.1) is 0 Å². The molecular formula is C14H18ClNO2S2. The number of ether oxygens (including phenoxy) is 1. The van der Waals surface area contributed by atoms with Crippen molar-refractivity contribution in [3.05, 3.63) is 23.2 Å². The van der Waals surface area contributed by atoms with Gasteiger partial charge in [-0.1, -0.05) is 11.6 Å². The highest BCUT2D eigenvalue weighted by molar-refractivity contribution is 7.99. The number of hydrogen-bond donors (Lipinski definition) is 1. The molecular weight excluding hydrogens is 314 g/mol. The van der Waals surface area contributed by atoms with Gasteiger partial charge < -0.3 is 10.5 Å². The van der Waals surface area contributed by atoms with E-state index in [1.54, 1.807) is 12.1 Å². The Bertz CT molecular complexity index is 532. The van der Waals surface area contributed by atoms with E-state index in [0.717, 1.165) is 35.7 Å². The summed E-state index contributed by atoms with van der Waals surface area (Å²) < 4.78 is 18.7. The largest absolute Gasteiger partial charge is 0.398 e. The fraction of sp³-hybridized carbons (Fsp3) is 0.571. The second kappa shape index (κ2) is 5.87. The fourth-order valence-corrected chi connectivity index (χ4v) is 6.06. The quantitative estimate of drug-likeness (QED) is 0.846. The molecule has 2 aliphatic rings. The minimum atomic E-state index is -1.04. The minimum absolute atomic E-state index is 0.0408. The second-order valence-corrected chi connectivity index (χ2v) is 8.67. The number of rotatable bonds is 2. The molecule has 3 unspecified atom stereocenters. The van der Waals surface area contributed by atoms with Crippen molar-refractivity contribution in [3.8, 4) is 0 Å². The van der Waals surface area contributed by atoms with Crippen LogP contribution < -0.4 is 5.73 Å². The van der Waals surface area contributed by atoms with Crippen molar-refractivity contribution in [2.45, 2.75) is 35.0 Å². The average molecular weight is 332 g/mol. The molecule has 1 spiro atoms. The highest BCUT2D eigenvalue weighted by Crippen LogP contribution is 2.40. The SMILES string of the molecule is Nc1ccc(S(=O)C2CCOC3(CCSC3)C2)cc1Cl. The molecule has 2 N–H and O–H groups in total. The van der Waals surface area contributed by atoms with Crippen LogP contribution in [-0.2, 0) is 15.5 Å². The predicted molar refractivity (Wildman–Crippen MR) is 85.9 cm³/mol. The van der Waals surface area contributed by atoms with Crippen molar-refractivity contribution in [3.63, 3.8) is 0 Å². The van der Waals surface area contributed by atoms with Crippen molar-refractivity contribution in [2.75, 3.05) is 23.8 Å². The molecule has 2 saturated heterocycles. The van der Waals surface area contributed by atoms with Crippen LogP contribution in [-0.4, -0.2) is 33.2 Å². The van der Waals surface area contributed by atoms with Crippen LogP contribution in [0, 0.1) is 0 Å². The molecule has 0 bridgehead atoms. The maximum Gasteiger partial charge on any atom is 0.0791 e. The van der Waals surface area contributed by atoms with Gasteiger partial charge in [0.15, 0.2) is 0 Å². The van der Waals surface area contributed by atoms with Crippen molar-refractivity contribution < 1.29 is 8.95 Å². The Morgan fingerprint density at radius 3 is 3.05 bits per heavy atom. The Hall–Kier alpha value is -0.230. The molecule has 3 nitrogen and oxygen atoms in total. The highest BCUT2D eigenvalue weighted by atomic mass is 35.5. The first-order valence-corrected chi connectivity index (χ1v) is 9.52.